The lowest BCUT2D eigenvalue weighted by Gasteiger charge is -2.09. The zero-order chi connectivity index (χ0) is 14.0. The smallest absolute Gasteiger partial charge is 0.339 e. The van der Waals surface area contributed by atoms with Crippen LogP contribution in [0.2, 0.25) is 5.02 Å². The van der Waals surface area contributed by atoms with Crippen LogP contribution in [0.3, 0.4) is 0 Å². The van der Waals surface area contributed by atoms with Crippen molar-refractivity contribution in [1.29, 1.82) is 0 Å². The van der Waals surface area contributed by atoms with Crippen LogP contribution in [0, 0.1) is 6.92 Å². The summed E-state index contributed by atoms with van der Waals surface area (Å²) in [7, 11) is 0. The highest BCUT2D eigenvalue weighted by Crippen LogP contribution is 2.25. The topological polar surface area (TPSA) is 79.5 Å². The number of hydrogen-bond acceptors (Lipinski definition) is 3. The van der Waals surface area contributed by atoms with Crippen LogP contribution in [0.25, 0.3) is 0 Å². The van der Waals surface area contributed by atoms with E-state index in [0.717, 1.165) is 0 Å². The third kappa shape index (κ3) is 2.61. The molecule has 1 aromatic carbocycles. The van der Waals surface area contributed by atoms with E-state index in [-0.39, 0.29) is 16.3 Å². The summed E-state index contributed by atoms with van der Waals surface area (Å²) in [6.07, 6.45) is 1.39. The number of carboxylic acid groups (broad SMARTS) is 1. The van der Waals surface area contributed by atoms with Crippen molar-refractivity contribution in [3.05, 3.63) is 52.4 Å². The van der Waals surface area contributed by atoms with Gasteiger partial charge in [0.2, 0.25) is 0 Å². The molecule has 0 aliphatic carbocycles. The number of anilines is 1. The van der Waals surface area contributed by atoms with E-state index >= 15 is 0 Å². The zero-order valence-electron chi connectivity index (χ0n) is 9.94. The molecule has 0 radical (unpaired) electrons. The van der Waals surface area contributed by atoms with Crippen molar-refractivity contribution in [1.82, 2.24) is 0 Å². The maximum Gasteiger partial charge on any atom is 0.339 e. The molecule has 0 aliphatic rings. The second-order valence-corrected chi connectivity index (χ2v) is 4.22. The van der Waals surface area contributed by atoms with Gasteiger partial charge in [-0.25, -0.2) is 4.79 Å². The highest BCUT2D eigenvalue weighted by atomic mass is 35.5. The van der Waals surface area contributed by atoms with Gasteiger partial charge in [-0.2, -0.15) is 0 Å². The monoisotopic (exact) mass is 279 g/mol. The van der Waals surface area contributed by atoms with Crippen molar-refractivity contribution < 1.29 is 19.1 Å². The molecule has 0 atom stereocenters. The molecule has 0 saturated carbocycles. The maximum atomic E-state index is 12.0. The first-order valence-corrected chi connectivity index (χ1v) is 5.75. The van der Waals surface area contributed by atoms with Crippen LogP contribution < -0.4 is 5.32 Å². The first-order chi connectivity index (χ1) is 9.00. The maximum absolute atomic E-state index is 12.0. The fraction of sp³-hybridized carbons (Fsp3) is 0.0769. The fourth-order valence-corrected chi connectivity index (χ4v) is 1.91. The Morgan fingerprint density at radius 3 is 2.63 bits per heavy atom. The molecule has 1 amide bonds. The highest BCUT2D eigenvalue weighted by molar-refractivity contribution is 6.34. The second kappa shape index (κ2) is 5.16. The largest absolute Gasteiger partial charge is 0.478 e. The summed E-state index contributed by atoms with van der Waals surface area (Å²) in [5.41, 5.74) is 0.348. The molecule has 5 nitrogen and oxygen atoms in total. The van der Waals surface area contributed by atoms with Crippen molar-refractivity contribution in [2.75, 3.05) is 5.32 Å². The molecule has 1 aromatic heterocycles. The molecule has 2 N–H and O–H groups in total. The van der Waals surface area contributed by atoms with Crippen LogP contribution in [0.4, 0.5) is 5.69 Å². The van der Waals surface area contributed by atoms with Crippen LogP contribution in [-0.4, -0.2) is 17.0 Å². The standard InChI is InChI=1S/C13H10ClNO4/c1-7-8(5-6-19-7)12(16)15-10-4-2-3-9(14)11(10)13(17)18/h2-6H,1H3,(H,15,16)(H,17,18). The molecule has 0 saturated heterocycles. The van der Waals surface area contributed by atoms with E-state index in [2.05, 4.69) is 5.32 Å². The van der Waals surface area contributed by atoms with Crippen LogP contribution >= 0.6 is 11.6 Å². The summed E-state index contributed by atoms with van der Waals surface area (Å²) in [4.78, 5) is 23.1. The van der Waals surface area contributed by atoms with E-state index in [4.69, 9.17) is 21.1 Å². The van der Waals surface area contributed by atoms with Gasteiger partial charge in [-0.3, -0.25) is 4.79 Å². The molecule has 2 aromatic rings. The van der Waals surface area contributed by atoms with Gasteiger partial charge in [0.1, 0.15) is 11.3 Å². The van der Waals surface area contributed by atoms with Crippen LogP contribution in [0.5, 0.6) is 0 Å². The quantitative estimate of drug-likeness (QED) is 0.904. The van der Waals surface area contributed by atoms with Gasteiger partial charge in [-0.15, -0.1) is 0 Å². The summed E-state index contributed by atoms with van der Waals surface area (Å²) in [5, 5.41) is 11.7. The number of aromatic carboxylic acids is 1. The van der Waals surface area contributed by atoms with Crippen LogP contribution in [-0.2, 0) is 0 Å². The van der Waals surface area contributed by atoms with Crippen molar-refractivity contribution >= 4 is 29.2 Å². The summed E-state index contributed by atoms with van der Waals surface area (Å²) < 4.78 is 5.02. The summed E-state index contributed by atoms with van der Waals surface area (Å²) in [6.45, 7) is 1.64. The summed E-state index contributed by atoms with van der Waals surface area (Å²) in [6, 6.07) is 5.99. The third-order valence-corrected chi connectivity index (χ3v) is 2.89. The number of rotatable bonds is 3. The second-order valence-electron chi connectivity index (χ2n) is 3.81. The number of furan rings is 1. The molecule has 19 heavy (non-hydrogen) atoms. The number of carboxylic acids is 1. The Hall–Kier alpha value is -2.27. The Balaban J connectivity index is 2.35. The number of halogens is 1. The van der Waals surface area contributed by atoms with Gasteiger partial charge < -0.3 is 14.8 Å². The summed E-state index contributed by atoms with van der Waals surface area (Å²) in [5.74, 6) is -1.20. The zero-order valence-corrected chi connectivity index (χ0v) is 10.7. The predicted molar refractivity (Wildman–Crippen MR) is 69.8 cm³/mol. The van der Waals surface area contributed by atoms with Crippen molar-refractivity contribution in [2.24, 2.45) is 0 Å². The number of aryl methyl sites for hydroxylation is 1. The number of carbonyl (C=O) groups is 2. The van der Waals surface area contributed by atoms with E-state index in [9.17, 15) is 9.59 Å². The average molecular weight is 280 g/mol. The van der Waals surface area contributed by atoms with Crippen molar-refractivity contribution in [2.45, 2.75) is 6.92 Å². The molecule has 0 spiro atoms. The number of benzene rings is 1. The molecule has 0 bridgehead atoms. The Kier molecular flexibility index (Phi) is 3.57. The van der Waals surface area contributed by atoms with Gasteiger partial charge in [-0.1, -0.05) is 17.7 Å². The third-order valence-electron chi connectivity index (χ3n) is 2.58. The minimum absolute atomic E-state index is 0.0641. The van der Waals surface area contributed by atoms with Crippen molar-refractivity contribution in [3.8, 4) is 0 Å². The van der Waals surface area contributed by atoms with E-state index in [1.807, 2.05) is 0 Å². The Morgan fingerprint density at radius 2 is 2.05 bits per heavy atom. The van der Waals surface area contributed by atoms with Gasteiger partial charge in [-0.05, 0) is 25.1 Å². The molecule has 0 aliphatic heterocycles. The number of hydrogen-bond donors (Lipinski definition) is 2. The molecule has 2 rings (SSSR count). The SMILES string of the molecule is Cc1occc1C(=O)Nc1cccc(Cl)c1C(=O)O. The van der Waals surface area contributed by atoms with E-state index in [1.54, 1.807) is 13.0 Å². The van der Waals surface area contributed by atoms with Gasteiger partial charge >= 0.3 is 5.97 Å². The highest BCUT2D eigenvalue weighted by Gasteiger charge is 2.18. The average Bonchev–Trinajstić information content (AvgIpc) is 2.75. The van der Waals surface area contributed by atoms with Crippen molar-refractivity contribution in [3.63, 3.8) is 0 Å². The first-order valence-electron chi connectivity index (χ1n) is 5.38. The minimum Gasteiger partial charge on any atom is -0.478 e. The molecular formula is C13H10ClNO4. The Bertz CT molecular complexity index is 648. The lowest BCUT2D eigenvalue weighted by atomic mass is 10.1. The Morgan fingerprint density at radius 1 is 1.32 bits per heavy atom. The van der Waals surface area contributed by atoms with Gasteiger partial charge in [0.15, 0.2) is 0 Å². The molecule has 98 valence electrons. The van der Waals surface area contributed by atoms with Gasteiger partial charge in [0.25, 0.3) is 5.91 Å². The Labute approximate surface area is 113 Å². The van der Waals surface area contributed by atoms with Crippen LogP contribution in [0.15, 0.2) is 34.9 Å². The van der Waals surface area contributed by atoms with E-state index in [0.29, 0.717) is 11.3 Å². The van der Waals surface area contributed by atoms with Crippen LogP contribution in [0.1, 0.15) is 26.5 Å². The predicted octanol–water partition coefficient (Wildman–Crippen LogP) is 3.19. The molecule has 6 heteroatoms. The normalized spacial score (nSPS) is 10.2. The first kappa shape index (κ1) is 13.2. The number of carbonyl (C=O) groups excluding carboxylic acids is 1. The molecular weight excluding hydrogens is 270 g/mol. The fourth-order valence-electron chi connectivity index (χ4n) is 1.66. The molecule has 1 heterocycles. The lowest BCUT2D eigenvalue weighted by Crippen LogP contribution is -2.15. The van der Waals surface area contributed by atoms with E-state index < -0.39 is 11.9 Å². The summed E-state index contributed by atoms with van der Waals surface area (Å²) >= 11 is 5.81. The molecule has 0 unspecified atom stereocenters. The van der Waals surface area contributed by atoms with Gasteiger partial charge in [0, 0.05) is 0 Å². The molecule has 0 fully saturated rings. The number of nitrogens with one attached hydrogen (secondary N) is 1. The lowest BCUT2D eigenvalue weighted by molar-refractivity contribution is 0.0698. The van der Waals surface area contributed by atoms with Gasteiger partial charge in [0.05, 0.1) is 22.5 Å². The van der Waals surface area contributed by atoms with E-state index in [1.165, 1.54) is 24.5 Å². The number of amides is 1. The minimum atomic E-state index is -1.20.